The van der Waals surface area contributed by atoms with Crippen LogP contribution in [0.1, 0.15) is 24.8 Å². The quantitative estimate of drug-likeness (QED) is 0.779. The zero-order valence-electron chi connectivity index (χ0n) is 17.3. The van der Waals surface area contributed by atoms with Crippen LogP contribution < -0.4 is 10.1 Å². The number of piperidine rings is 1. The van der Waals surface area contributed by atoms with Gasteiger partial charge in [-0.2, -0.15) is 11.3 Å². The maximum Gasteiger partial charge on any atom is 0.228 e. The monoisotopic (exact) mass is 413 g/mol. The molecule has 2 aliphatic rings. The highest BCUT2D eigenvalue weighted by molar-refractivity contribution is 7.07. The summed E-state index contributed by atoms with van der Waals surface area (Å²) in [6.07, 6.45) is 3.42. The second-order valence-corrected chi connectivity index (χ2v) is 9.18. The number of likely N-dealkylation sites (tertiary alicyclic amines) is 2. The third kappa shape index (κ3) is 5.00. The number of hydrogen-bond donors (Lipinski definition) is 1. The first-order valence-electron chi connectivity index (χ1n) is 10.5. The van der Waals surface area contributed by atoms with E-state index in [-0.39, 0.29) is 11.8 Å². The number of thiophene rings is 1. The molecule has 5 nitrogen and oxygen atoms in total. The fourth-order valence-electron chi connectivity index (χ4n) is 4.83. The van der Waals surface area contributed by atoms with Crippen molar-refractivity contribution in [3.63, 3.8) is 0 Å². The van der Waals surface area contributed by atoms with E-state index in [2.05, 4.69) is 39.0 Å². The number of benzene rings is 1. The summed E-state index contributed by atoms with van der Waals surface area (Å²) in [5.74, 6) is 1.70. The normalized spacial score (nSPS) is 23.9. The van der Waals surface area contributed by atoms with Crippen LogP contribution >= 0.6 is 11.3 Å². The van der Waals surface area contributed by atoms with Crippen LogP contribution in [0, 0.1) is 11.8 Å². The summed E-state index contributed by atoms with van der Waals surface area (Å²) in [5.41, 5.74) is 2.27. The van der Waals surface area contributed by atoms with E-state index in [9.17, 15) is 4.79 Å². The molecule has 2 aromatic rings. The van der Waals surface area contributed by atoms with Gasteiger partial charge in [0.05, 0.1) is 13.0 Å². The first-order chi connectivity index (χ1) is 14.1. The number of carbonyl (C=O) groups excluding carboxylic acids is 1. The van der Waals surface area contributed by atoms with Gasteiger partial charge in [0.1, 0.15) is 5.75 Å². The zero-order chi connectivity index (χ0) is 20.2. The van der Waals surface area contributed by atoms with Crippen LogP contribution in [0.2, 0.25) is 0 Å². The number of amides is 1. The van der Waals surface area contributed by atoms with Gasteiger partial charge in [-0.05, 0) is 92.0 Å². The Kier molecular flexibility index (Phi) is 6.53. The molecular weight excluding hydrogens is 382 g/mol. The van der Waals surface area contributed by atoms with Crippen LogP contribution in [0.25, 0.3) is 0 Å². The van der Waals surface area contributed by atoms with E-state index in [1.165, 1.54) is 18.4 Å². The summed E-state index contributed by atoms with van der Waals surface area (Å²) < 4.78 is 5.18. The first-order valence-corrected chi connectivity index (χ1v) is 11.4. The van der Waals surface area contributed by atoms with E-state index in [1.807, 2.05) is 24.3 Å². The molecule has 0 bridgehead atoms. The highest BCUT2D eigenvalue weighted by atomic mass is 32.1. The van der Waals surface area contributed by atoms with Gasteiger partial charge in [0.15, 0.2) is 0 Å². The average molecular weight is 414 g/mol. The molecule has 0 unspecified atom stereocenters. The largest absolute Gasteiger partial charge is 0.497 e. The summed E-state index contributed by atoms with van der Waals surface area (Å²) in [7, 11) is 3.83. The first kappa shape index (κ1) is 20.4. The molecule has 156 valence electrons. The van der Waals surface area contributed by atoms with Crippen LogP contribution in [-0.2, 0) is 11.3 Å². The molecule has 0 aliphatic carbocycles. The molecular formula is C23H31N3O2S. The Balaban J connectivity index is 1.27. The van der Waals surface area contributed by atoms with Crippen molar-refractivity contribution >= 4 is 22.9 Å². The van der Waals surface area contributed by atoms with Crippen molar-refractivity contribution in [3.05, 3.63) is 46.7 Å². The highest BCUT2D eigenvalue weighted by Gasteiger charge is 2.39. The molecule has 0 spiro atoms. The fraction of sp³-hybridized carbons (Fsp3) is 0.522. The molecule has 4 rings (SSSR count). The number of rotatable bonds is 6. The van der Waals surface area contributed by atoms with Gasteiger partial charge < -0.3 is 15.0 Å². The summed E-state index contributed by atoms with van der Waals surface area (Å²) >= 11 is 1.78. The SMILES string of the molecule is COc1ccc(NC(=O)[C@@H]2C[C@@H](C3CCN(Cc4ccsc4)CC3)N(C)C2)cc1. The van der Waals surface area contributed by atoms with E-state index < -0.39 is 0 Å². The number of hydrogen-bond acceptors (Lipinski definition) is 5. The fourth-order valence-corrected chi connectivity index (χ4v) is 5.49. The molecule has 2 atom stereocenters. The Morgan fingerprint density at radius 2 is 1.97 bits per heavy atom. The third-order valence-corrected chi connectivity index (χ3v) is 7.22. The summed E-state index contributed by atoms with van der Waals surface area (Å²) in [4.78, 5) is 17.8. The summed E-state index contributed by atoms with van der Waals surface area (Å²) in [6, 6.07) is 10.3. The van der Waals surface area contributed by atoms with Gasteiger partial charge in [-0.1, -0.05) is 0 Å². The minimum absolute atomic E-state index is 0.0657. The molecule has 3 heterocycles. The number of methoxy groups -OCH3 is 1. The van der Waals surface area contributed by atoms with Crippen molar-refractivity contribution < 1.29 is 9.53 Å². The van der Waals surface area contributed by atoms with E-state index in [0.29, 0.717) is 12.0 Å². The van der Waals surface area contributed by atoms with Crippen molar-refractivity contribution in [1.82, 2.24) is 9.80 Å². The minimum atomic E-state index is 0.0657. The molecule has 1 aromatic carbocycles. The lowest BCUT2D eigenvalue weighted by Gasteiger charge is -2.37. The molecule has 29 heavy (non-hydrogen) atoms. The molecule has 6 heteroatoms. The highest BCUT2D eigenvalue weighted by Crippen LogP contribution is 2.34. The third-order valence-electron chi connectivity index (χ3n) is 6.49. The van der Waals surface area contributed by atoms with Gasteiger partial charge in [-0.3, -0.25) is 9.69 Å². The zero-order valence-corrected chi connectivity index (χ0v) is 18.2. The predicted octanol–water partition coefficient (Wildman–Crippen LogP) is 3.93. The van der Waals surface area contributed by atoms with Gasteiger partial charge >= 0.3 is 0 Å². The second kappa shape index (κ2) is 9.28. The number of ether oxygens (including phenoxy) is 1. The topological polar surface area (TPSA) is 44.8 Å². The molecule has 1 N–H and O–H groups in total. The molecule has 1 amide bonds. The average Bonchev–Trinajstić information content (AvgIpc) is 3.39. The number of nitrogens with one attached hydrogen (secondary N) is 1. The number of anilines is 1. The van der Waals surface area contributed by atoms with Gasteiger partial charge in [0, 0.05) is 24.8 Å². The van der Waals surface area contributed by atoms with Crippen molar-refractivity contribution in [2.75, 3.05) is 39.1 Å². The maximum absolute atomic E-state index is 12.8. The van der Waals surface area contributed by atoms with Crippen LogP contribution in [-0.4, -0.2) is 55.5 Å². The van der Waals surface area contributed by atoms with Crippen molar-refractivity contribution in [1.29, 1.82) is 0 Å². The second-order valence-electron chi connectivity index (χ2n) is 8.40. The van der Waals surface area contributed by atoms with E-state index in [0.717, 1.165) is 44.0 Å². The molecule has 2 aliphatic heterocycles. The number of nitrogens with zero attached hydrogens (tertiary/aromatic N) is 2. The van der Waals surface area contributed by atoms with Gasteiger partial charge in [0.25, 0.3) is 0 Å². The Hall–Kier alpha value is -1.89. The van der Waals surface area contributed by atoms with Gasteiger partial charge in [-0.15, -0.1) is 0 Å². The molecule has 2 fully saturated rings. The van der Waals surface area contributed by atoms with Crippen LogP contribution in [0.5, 0.6) is 5.75 Å². The lowest BCUT2D eigenvalue weighted by molar-refractivity contribution is -0.119. The Bertz CT molecular complexity index is 785. The molecule has 1 aromatic heterocycles. The smallest absolute Gasteiger partial charge is 0.228 e. The molecule has 0 radical (unpaired) electrons. The van der Waals surface area contributed by atoms with Crippen LogP contribution in [0.3, 0.4) is 0 Å². The van der Waals surface area contributed by atoms with E-state index >= 15 is 0 Å². The summed E-state index contributed by atoms with van der Waals surface area (Å²) in [5, 5.41) is 7.49. The Morgan fingerprint density at radius 3 is 2.62 bits per heavy atom. The maximum atomic E-state index is 12.8. The standard InChI is InChI=1S/C23H31N3O2S/c1-25-15-19(23(27)24-20-3-5-21(28-2)6-4-20)13-22(25)18-7-10-26(11-8-18)14-17-9-12-29-16-17/h3-6,9,12,16,18-19,22H,7-8,10-11,13-15H2,1-2H3,(H,24,27)/t19-,22+/m1/s1. The van der Waals surface area contributed by atoms with E-state index in [4.69, 9.17) is 4.74 Å². The van der Waals surface area contributed by atoms with Gasteiger partial charge in [-0.25, -0.2) is 0 Å². The van der Waals surface area contributed by atoms with Crippen molar-refractivity contribution in [3.8, 4) is 5.75 Å². The minimum Gasteiger partial charge on any atom is -0.497 e. The molecule has 0 saturated carbocycles. The Morgan fingerprint density at radius 1 is 1.21 bits per heavy atom. The summed E-state index contributed by atoms with van der Waals surface area (Å²) in [6.45, 7) is 4.24. The lowest BCUT2D eigenvalue weighted by Crippen LogP contribution is -2.41. The molecule has 2 saturated heterocycles. The van der Waals surface area contributed by atoms with Gasteiger partial charge in [0.2, 0.25) is 5.91 Å². The Labute approximate surface area is 177 Å². The predicted molar refractivity (Wildman–Crippen MR) is 118 cm³/mol. The van der Waals surface area contributed by atoms with Crippen LogP contribution in [0.4, 0.5) is 5.69 Å². The number of carbonyl (C=O) groups is 1. The lowest BCUT2D eigenvalue weighted by atomic mass is 9.86. The van der Waals surface area contributed by atoms with Crippen LogP contribution in [0.15, 0.2) is 41.1 Å². The van der Waals surface area contributed by atoms with E-state index in [1.54, 1.807) is 18.4 Å². The van der Waals surface area contributed by atoms with Crippen molar-refractivity contribution in [2.24, 2.45) is 11.8 Å². The van der Waals surface area contributed by atoms with Crippen molar-refractivity contribution in [2.45, 2.75) is 31.8 Å².